The lowest BCUT2D eigenvalue weighted by Crippen LogP contribution is -2.16. The predicted octanol–water partition coefficient (Wildman–Crippen LogP) is 4.86. The Morgan fingerprint density at radius 3 is 2.32 bits per heavy atom. The van der Waals surface area contributed by atoms with E-state index in [0.717, 1.165) is 22.2 Å². The van der Waals surface area contributed by atoms with Crippen LogP contribution in [0.5, 0.6) is 0 Å². The Labute approximate surface area is 123 Å². The molecule has 102 valence electrons. The van der Waals surface area contributed by atoms with Gasteiger partial charge in [-0.25, -0.2) is 0 Å². The van der Waals surface area contributed by atoms with Crippen molar-refractivity contribution >= 4 is 34.1 Å². The number of hydrogen-bond donors (Lipinski definition) is 1. The summed E-state index contributed by atoms with van der Waals surface area (Å²) >= 11 is 12.4. The van der Waals surface area contributed by atoms with Crippen LogP contribution in [0.3, 0.4) is 0 Å². The Hall–Kier alpha value is -0.830. The smallest absolute Gasteiger partial charge is 0.0896 e. The van der Waals surface area contributed by atoms with E-state index in [1.54, 1.807) is 6.07 Å². The summed E-state index contributed by atoms with van der Waals surface area (Å²) in [6.45, 7) is 8.32. The van der Waals surface area contributed by atoms with Gasteiger partial charge in [-0.15, -0.1) is 0 Å². The fourth-order valence-corrected chi connectivity index (χ4v) is 2.57. The maximum atomic E-state index is 6.27. The summed E-state index contributed by atoms with van der Waals surface area (Å²) in [6, 6.07) is 5.55. The van der Waals surface area contributed by atoms with E-state index in [-0.39, 0.29) is 11.5 Å². The van der Waals surface area contributed by atoms with Crippen LogP contribution in [0, 0.1) is 0 Å². The van der Waals surface area contributed by atoms with Gasteiger partial charge in [0.05, 0.1) is 10.5 Å². The maximum Gasteiger partial charge on any atom is 0.0896 e. The molecular weight excluding hydrogens is 279 g/mol. The summed E-state index contributed by atoms with van der Waals surface area (Å²) in [5.41, 5.74) is 8.80. The molecule has 0 radical (unpaired) electrons. The lowest BCUT2D eigenvalue weighted by atomic mass is 9.89. The minimum atomic E-state index is -0.0962. The summed E-state index contributed by atoms with van der Waals surface area (Å²) in [4.78, 5) is 4.68. The van der Waals surface area contributed by atoms with Crippen molar-refractivity contribution in [1.82, 2.24) is 4.98 Å². The zero-order valence-electron chi connectivity index (χ0n) is 11.6. The monoisotopic (exact) mass is 296 g/mol. The molecule has 2 nitrogen and oxygen atoms in total. The van der Waals surface area contributed by atoms with Crippen LogP contribution in [0.2, 0.25) is 10.0 Å². The second kappa shape index (κ2) is 4.93. The van der Waals surface area contributed by atoms with E-state index < -0.39 is 0 Å². The number of halogens is 2. The molecule has 0 spiro atoms. The standard InChI is InChI=1S/C15H18Cl2N2/c1-8(18)10-7-13(15(2,3)4)19-14-11(10)5-9(16)6-12(14)17/h5-8H,18H2,1-4H3. The third-order valence-electron chi connectivity index (χ3n) is 3.12. The molecule has 19 heavy (non-hydrogen) atoms. The van der Waals surface area contributed by atoms with Gasteiger partial charge in [0.1, 0.15) is 0 Å². The molecule has 0 saturated carbocycles. The van der Waals surface area contributed by atoms with Crippen molar-refractivity contribution in [3.8, 4) is 0 Å². The summed E-state index contributed by atoms with van der Waals surface area (Å²) < 4.78 is 0. The first-order valence-corrected chi connectivity index (χ1v) is 7.01. The van der Waals surface area contributed by atoms with Gasteiger partial charge in [-0.2, -0.15) is 0 Å². The number of hydrogen-bond acceptors (Lipinski definition) is 2. The Morgan fingerprint density at radius 1 is 1.16 bits per heavy atom. The number of nitrogens with two attached hydrogens (primary N) is 1. The lowest BCUT2D eigenvalue weighted by Gasteiger charge is -2.21. The first kappa shape index (κ1) is 14.6. The summed E-state index contributed by atoms with van der Waals surface area (Å²) in [5, 5.41) is 2.10. The van der Waals surface area contributed by atoms with Crippen LogP contribution in [0.4, 0.5) is 0 Å². The van der Waals surface area contributed by atoms with E-state index in [1.807, 2.05) is 13.0 Å². The van der Waals surface area contributed by atoms with Crippen LogP contribution in [-0.4, -0.2) is 4.98 Å². The highest BCUT2D eigenvalue weighted by atomic mass is 35.5. The fourth-order valence-electron chi connectivity index (χ4n) is 2.04. The summed E-state index contributed by atoms with van der Waals surface area (Å²) in [6.07, 6.45) is 0. The minimum Gasteiger partial charge on any atom is -0.324 e. The van der Waals surface area contributed by atoms with Crippen LogP contribution < -0.4 is 5.73 Å². The van der Waals surface area contributed by atoms with Gasteiger partial charge in [-0.3, -0.25) is 4.98 Å². The molecule has 0 saturated heterocycles. The molecule has 4 heteroatoms. The van der Waals surface area contributed by atoms with E-state index in [0.29, 0.717) is 10.0 Å². The molecule has 2 aromatic rings. The van der Waals surface area contributed by atoms with Crippen molar-refractivity contribution in [2.24, 2.45) is 5.73 Å². The minimum absolute atomic E-state index is 0.0548. The van der Waals surface area contributed by atoms with Gasteiger partial charge in [0.25, 0.3) is 0 Å². The van der Waals surface area contributed by atoms with Crippen LogP contribution in [0.25, 0.3) is 10.9 Å². The van der Waals surface area contributed by atoms with Crippen molar-refractivity contribution < 1.29 is 0 Å². The van der Waals surface area contributed by atoms with Crippen LogP contribution >= 0.6 is 23.2 Å². The van der Waals surface area contributed by atoms with Crippen LogP contribution in [-0.2, 0) is 5.41 Å². The van der Waals surface area contributed by atoms with Crippen molar-refractivity contribution in [3.05, 3.63) is 39.5 Å². The second-order valence-corrected chi connectivity index (χ2v) is 6.76. The highest BCUT2D eigenvalue weighted by molar-refractivity contribution is 6.38. The molecule has 1 aromatic carbocycles. The molecule has 1 heterocycles. The largest absolute Gasteiger partial charge is 0.324 e. The molecule has 1 aromatic heterocycles. The van der Waals surface area contributed by atoms with Crippen LogP contribution in [0.15, 0.2) is 18.2 Å². The molecule has 0 fully saturated rings. The second-order valence-electron chi connectivity index (χ2n) is 5.92. The fraction of sp³-hybridized carbons (Fsp3) is 0.400. The zero-order valence-corrected chi connectivity index (χ0v) is 13.1. The first-order chi connectivity index (χ1) is 8.70. The Bertz CT molecular complexity index is 628. The van der Waals surface area contributed by atoms with Gasteiger partial charge in [0.2, 0.25) is 0 Å². The van der Waals surface area contributed by atoms with Crippen molar-refractivity contribution in [2.45, 2.75) is 39.2 Å². The van der Waals surface area contributed by atoms with E-state index >= 15 is 0 Å². The highest BCUT2D eigenvalue weighted by Gasteiger charge is 2.20. The number of benzene rings is 1. The molecule has 0 aliphatic heterocycles. The Balaban J connectivity index is 2.88. The van der Waals surface area contributed by atoms with Gasteiger partial charge < -0.3 is 5.73 Å². The van der Waals surface area contributed by atoms with Crippen LogP contribution in [0.1, 0.15) is 45.0 Å². The van der Waals surface area contributed by atoms with Gasteiger partial charge >= 0.3 is 0 Å². The molecule has 0 aliphatic carbocycles. The predicted molar refractivity (Wildman–Crippen MR) is 83.1 cm³/mol. The highest BCUT2D eigenvalue weighted by Crippen LogP contribution is 2.34. The number of nitrogens with zero attached hydrogens (tertiary/aromatic N) is 1. The average molecular weight is 297 g/mol. The Morgan fingerprint density at radius 2 is 1.79 bits per heavy atom. The summed E-state index contributed by atoms with van der Waals surface area (Å²) in [7, 11) is 0. The Kier molecular flexibility index (Phi) is 3.78. The molecule has 2 rings (SSSR count). The van der Waals surface area contributed by atoms with Gasteiger partial charge in [-0.1, -0.05) is 44.0 Å². The molecule has 1 atom stereocenters. The average Bonchev–Trinajstić information content (AvgIpc) is 2.25. The summed E-state index contributed by atoms with van der Waals surface area (Å²) in [5.74, 6) is 0. The third kappa shape index (κ3) is 2.86. The van der Waals surface area contributed by atoms with E-state index in [1.165, 1.54) is 0 Å². The molecular formula is C15H18Cl2N2. The quantitative estimate of drug-likeness (QED) is 0.816. The number of aromatic nitrogens is 1. The van der Waals surface area contributed by atoms with Crippen molar-refractivity contribution in [3.63, 3.8) is 0 Å². The number of fused-ring (bicyclic) bond motifs is 1. The third-order valence-corrected chi connectivity index (χ3v) is 3.63. The molecule has 0 amide bonds. The van der Waals surface area contributed by atoms with E-state index in [2.05, 4.69) is 31.8 Å². The maximum absolute atomic E-state index is 6.27. The SMILES string of the molecule is CC(N)c1cc(C(C)(C)C)nc2c(Cl)cc(Cl)cc12. The van der Waals surface area contributed by atoms with Crippen molar-refractivity contribution in [2.75, 3.05) is 0 Å². The molecule has 0 bridgehead atoms. The molecule has 2 N–H and O–H groups in total. The number of pyridine rings is 1. The number of rotatable bonds is 1. The van der Waals surface area contributed by atoms with Crippen molar-refractivity contribution in [1.29, 1.82) is 0 Å². The van der Waals surface area contributed by atoms with Gasteiger partial charge in [0, 0.05) is 27.6 Å². The van der Waals surface area contributed by atoms with Gasteiger partial charge in [-0.05, 0) is 30.7 Å². The van der Waals surface area contributed by atoms with E-state index in [9.17, 15) is 0 Å². The first-order valence-electron chi connectivity index (χ1n) is 6.26. The van der Waals surface area contributed by atoms with Gasteiger partial charge in [0.15, 0.2) is 0 Å². The lowest BCUT2D eigenvalue weighted by molar-refractivity contribution is 0.569. The zero-order chi connectivity index (χ0) is 14.4. The molecule has 0 aliphatic rings. The topological polar surface area (TPSA) is 38.9 Å². The molecule has 1 unspecified atom stereocenters. The normalized spacial score (nSPS) is 13.8. The van der Waals surface area contributed by atoms with E-state index in [4.69, 9.17) is 28.9 Å².